The van der Waals surface area contributed by atoms with E-state index in [-0.39, 0.29) is 29.8 Å². The van der Waals surface area contributed by atoms with Gasteiger partial charge in [-0.15, -0.1) is 0 Å². The van der Waals surface area contributed by atoms with Crippen LogP contribution in [0.3, 0.4) is 0 Å². The van der Waals surface area contributed by atoms with Gasteiger partial charge < -0.3 is 10.4 Å². The standard InChI is InChI=1S/C13H18N2O3/c1-8-7-12(16)9(2)13(14-8)10-3-5-11(6-4-10)15(17)18/h3-6,8-9,12-14,16H,7H2,1-2H3/t8-,9-,12-,13-/m0/s1. The number of rotatable bonds is 2. The van der Waals surface area contributed by atoms with Gasteiger partial charge in [0.2, 0.25) is 0 Å². The molecule has 2 N–H and O–H groups in total. The molecular formula is C13H18N2O3. The maximum Gasteiger partial charge on any atom is 0.269 e. The first-order valence-corrected chi connectivity index (χ1v) is 6.17. The monoisotopic (exact) mass is 250 g/mol. The molecular weight excluding hydrogens is 232 g/mol. The summed E-state index contributed by atoms with van der Waals surface area (Å²) in [6, 6.07) is 6.83. The smallest absolute Gasteiger partial charge is 0.269 e. The van der Waals surface area contributed by atoms with Crippen LogP contribution in [0, 0.1) is 16.0 Å². The third-order valence-corrected chi connectivity index (χ3v) is 3.65. The number of benzene rings is 1. The number of nitrogens with zero attached hydrogens (tertiary/aromatic N) is 1. The van der Waals surface area contributed by atoms with Crippen molar-refractivity contribution in [2.75, 3.05) is 0 Å². The number of piperidine rings is 1. The van der Waals surface area contributed by atoms with Crippen molar-refractivity contribution in [3.05, 3.63) is 39.9 Å². The van der Waals surface area contributed by atoms with Crippen LogP contribution in [0.5, 0.6) is 0 Å². The summed E-state index contributed by atoms with van der Waals surface area (Å²) in [5, 5.41) is 24.0. The number of non-ortho nitro benzene ring substituents is 1. The third kappa shape index (κ3) is 2.52. The van der Waals surface area contributed by atoms with E-state index in [1.807, 2.05) is 13.8 Å². The SMILES string of the molecule is C[C@@H]1[C@@H](c2ccc([N+](=O)[O-])cc2)N[C@@H](C)C[C@@H]1O. The molecule has 0 saturated carbocycles. The summed E-state index contributed by atoms with van der Waals surface area (Å²) in [5.74, 6) is 0.0997. The van der Waals surface area contributed by atoms with Gasteiger partial charge in [-0.2, -0.15) is 0 Å². The van der Waals surface area contributed by atoms with Crippen molar-refractivity contribution in [3.63, 3.8) is 0 Å². The average Bonchev–Trinajstić information content (AvgIpc) is 2.34. The summed E-state index contributed by atoms with van der Waals surface area (Å²) in [4.78, 5) is 10.2. The molecule has 0 aromatic heterocycles. The molecule has 1 aliphatic heterocycles. The van der Waals surface area contributed by atoms with Crippen molar-refractivity contribution in [1.82, 2.24) is 5.32 Å². The fourth-order valence-corrected chi connectivity index (χ4v) is 2.53. The molecule has 5 heteroatoms. The summed E-state index contributed by atoms with van der Waals surface area (Å²) in [6.45, 7) is 4.03. The lowest BCUT2D eigenvalue weighted by molar-refractivity contribution is -0.384. The van der Waals surface area contributed by atoms with E-state index < -0.39 is 4.92 Å². The Morgan fingerprint density at radius 1 is 1.33 bits per heavy atom. The Hall–Kier alpha value is -1.46. The van der Waals surface area contributed by atoms with Gasteiger partial charge in [0.15, 0.2) is 0 Å². The highest BCUT2D eigenvalue weighted by Gasteiger charge is 2.32. The topological polar surface area (TPSA) is 75.4 Å². The van der Waals surface area contributed by atoms with E-state index in [4.69, 9.17) is 0 Å². The largest absolute Gasteiger partial charge is 0.393 e. The van der Waals surface area contributed by atoms with E-state index in [2.05, 4.69) is 5.32 Å². The van der Waals surface area contributed by atoms with E-state index >= 15 is 0 Å². The minimum absolute atomic E-state index is 0.0459. The van der Waals surface area contributed by atoms with Gasteiger partial charge in [0.1, 0.15) is 0 Å². The number of nitro groups is 1. The molecule has 4 atom stereocenters. The summed E-state index contributed by atoms with van der Waals surface area (Å²) in [5.41, 5.74) is 1.08. The summed E-state index contributed by atoms with van der Waals surface area (Å²) in [6.07, 6.45) is 0.409. The van der Waals surface area contributed by atoms with E-state index in [1.54, 1.807) is 12.1 Å². The van der Waals surface area contributed by atoms with Crippen LogP contribution in [0.2, 0.25) is 0 Å². The molecule has 0 spiro atoms. The number of nitrogens with one attached hydrogen (secondary N) is 1. The van der Waals surface area contributed by atoms with Gasteiger partial charge in [0.25, 0.3) is 5.69 Å². The van der Waals surface area contributed by atoms with Crippen molar-refractivity contribution in [2.24, 2.45) is 5.92 Å². The van der Waals surface area contributed by atoms with E-state index in [1.165, 1.54) is 12.1 Å². The summed E-state index contributed by atoms with van der Waals surface area (Å²) in [7, 11) is 0. The van der Waals surface area contributed by atoms with Gasteiger partial charge in [-0.25, -0.2) is 0 Å². The first kappa shape index (κ1) is 13.0. The van der Waals surface area contributed by atoms with Crippen molar-refractivity contribution in [1.29, 1.82) is 0 Å². The Kier molecular flexibility index (Phi) is 3.63. The zero-order valence-corrected chi connectivity index (χ0v) is 10.5. The zero-order chi connectivity index (χ0) is 13.3. The van der Waals surface area contributed by atoms with Crippen LogP contribution in [-0.4, -0.2) is 22.2 Å². The van der Waals surface area contributed by atoms with Crippen LogP contribution < -0.4 is 5.32 Å². The molecule has 2 rings (SSSR count). The van der Waals surface area contributed by atoms with Crippen molar-refractivity contribution >= 4 is 5.69 Å². The molecule has 1 heterocycles. The Bertz CT molecular complexity index is 432. The quantitative estimate of drug-likeness (QED) is 0.622. The number of aliphatic hydroxyl groups excluding tert-OH is 1. The number of hydrogen-bond donors (Lipinski definition) is 2. The van der Waals surface area contributed by atoms with Crippen LogP contribution in [-0.2, 0) is 0 Å². The van der Waals surface area contributed by atoms with Crippen LogP contribution in [0.15, 0.2) is 24.3 Å². The van der Waals surface area contributed by atoms with Crippen molar-refractivity contribution < 1.29 is 10.0 Å². The molecule has 98 valence electrons. The highest BCUT2D eigenvalue weighted by molar-refractivity contribution is 5.34. The fraction of sp³-hybridized carbons (Fsp3) is 0.538. The Morgan fingerprint density at radius 2 is 1.94 bits per heavy atom. The molecule has 5 nitrogen and oxygen atoms in total. The summed E-state index contributed by atoms with van der Waals surface area (Å²) < 4.78 is 0. The molecule has 0 bridgehead atoms. The van der Waals surface area contributed by atoms with Gasteiger partial charge in [-0.05, 0) is 18.9 Å². The van der Waals surface area contributed by atoms with Crippen LogP contribution >= 0.6 is 0 Å². The number of aliphatic hydroxyl groups is 1. The minimum atomic E-state index is -0.404. The van der Waals surface area contributed by atoms with E-state index in [9.17, 15) is 15.2 Å². The second-order valence-electron chi connectivity index (χ2n) is 5.06. The number of hydrogen-bond acceptors (Lipinski definition) is 4. The highest BCUT2D eigenvalue weighted by Crippen LogP contribution is 2.32. The highest BCUT2D eigenvalue weighted by atomic mass is 16.6. The molecule has 18 heavy (non-hydrogen) atoms. The van der Waals surface area contributed by atoms with Crippen LogP contribution in [0.4, 0.5) is 5.69 Å². The molecule has 1 aromatic carbocycles. The van der Waals surface area contributed by atoms with Gasteiger partial charge in [-0.1, -0.05) is 19.1 Å². The lowest BCUT2D eigenvalue weighted by Crippen LogP contribution is -2.46. The fourth-order valence-electron chi connectivity index (χ4n) is 2.53. The predicted molar refractivity (Wildman–Crippen MR) is 68.2 cm³/mol. The van der Waals surface area contributed by atoms with Gasteiger partial charge in [-0.3, -0.25) is 10.1 Å². The Balaban J connectivity index is 2.21. The Morgan fingerprint density at radius 3 is 2.50 bits per heavy atom. The number of nitro benzene ring substituents is 1. The average molecular weight is 250 g/mol. The molecule has 0 aliphatic carbocycles. The molecule has 1 aromatic rings. The maximum absolute atomic E-state index is 10.6. The molecule has 0 radical (unpaired) electrons. The second kappa shape index (κ2) is 5.04. The minimum Gasteiger partial charge on any atom is -0.393 e. The maximum atomic E-state index is 10.6. The molecule has 0 amide bonds. The second-order valence-corrected chi connectivity index (χ2v) is 5.06. The van der Waals surface area contributed by atoms with E-state index in [0.717, 1.165) is 12.0 Å². The van der Waals surface area contributed by atoms with Crippen LogP contribution in [0.25, 0.3) is 0 Å². The lowest BCUT2D eigenvalue weighted by Gasteiger charge is -2.38. The van der Waals surface area contributed by atoms with Gasteiger partial charge in [0, 0.05) is 30.1 Å². The molecule has 0 unspecified atom stereocenters. The normalized spacial score (nSPS) is 32.2. The third-order valence-electron chi connectivity index (χ3n) is 3.65. The van der Waals surface area contributed by atoms with Crippen molar-refractivity contribution in [3.8, 4) is 0 Å². The first-order valence-electron chi connectivity index (χ1n) is 6.17. The first-order chi connectivity index (χ1) is 8.49. The lowest BCUT2D eigenvalue weighted by atomic mass is 9.83. The van der Waals surface area contributed by atoms with Crippen molar-refractivity contribution in [2.45, 2.75) is 38.5 Å². The molecule has 1 fully saturated rings. The zero-order valence-electron chi connectivity index (χ0n) is 10.5. The van der Waals surface area contributed by atoms with Gasteiger partial charge >= 0.3 is 0 Å². The van der Waals surface area contributed by atoms with Gasteiger partial charge in [0.05, 0.1) is 11.0 Å². The van der Waals surface area contributed by atoms with E-state index in [0.29, 0.717) is 0 Å². The van der Waals surface area contributed by atoms with Crippen LogP contribution in [0.1, 0.15) is 31.9 Å². The summed E-state index contributed by atoms with van der Waals surface area (Å²) >= 11 is 0. The Labute approximate surface area is 106 Å². The molecule has 1 aliphatic rings. The predicted octanol–water partition coefficient (Wildman–Crippen LogP) is 2.01. The molecule has 1 saturated heterocycles.